The number of benzene rings is 1. The van der Waals surface area contributed by atoms with Gasteiger partial charge in [-0.2, -0.15) is 0 Å². The van der Waals surface area contributed by atoms with Crippen LogP contribution in [0.15, 0.2) is 24.3 Å². The molecule has 1 rings (SSSR count). The molecule has 1 aromatic rings. The summed E-state index contributed by atoms with van der Waals surface area (Å²) in [5.74, 6) is 1.50. The average Bonchev–Trinajstić information content (AvgIpc) is 2.53. The number of methoxy groups -OCH3 is 3. The van der Waals surface area contributed by atoms with Crippen LogP contribution in [0.1, 0.15) is 12.8 Å². The van der Waals surface area contributed by atoms with E-state index in [0.29, 0.717) is 26.0 Å². The van der Waals surface area contributed by atoms with Crippen molar-refractivity contribution in [3.8, 4) is 11.5 Å². The topological polar surface area (TPSA) is 66.0 Å². The fraction of sp³-hybridized carbons (Fsp3) is 0.533. The van der Waals surface area contributed by atoms with Crippen LogP contribution in [-0.2, 0) is 14.3 Å². The molecule has 0 aliphatic rings. The molecule has 0 unspecified atom stereocenters. The van der Waals surface area contributed by atoms with Gasteiger partial charge < -0.3 is 24.3 Å². The zero-order valence-corrected chi connectivity index (χ0v) is 12.8. The van der Waals surface area contributed by atoms with Crippen LogP contribution in [0, 0.1) is 0 Å². The van der Waals surface area contributed by atoms with Crippen LogP contribution in [-0.4, -0.2) is 46.7 Å². The summed E-state index contributed by atoms with van der Waals surface area (Å²) in [5.41, 5.74) is 0. The van der Waals surface area contributed by atoms with Crippen LogP contribution in [0.3, 0.4) is 0 Å². The highest BCUT2D eigenvalue weighted by atomic mass is 16.7. The van der Waals surface area contributed by atoms with Crippen LogP contribution in [0.2, 0.25) is 0 Å². The molecule has 6 heteroatoms. The largest absolute Gasteiger partial charge is 0.497 e. The normalized spacial score (nSPS) is 10.5. The van der Waals surface area contributed by atoms with E-state index in [-0.39, 0.29) is 5.91 Å². The van der Waals surface area contributed by atoms with Crippen molar-refractivity contribution in [1.82, 2.24) is 5.32 Å². The number of hydrogen-bond acceptors (Lipinski definition) is 5. The van der Waals surface area contributed by atoms with E-state index in [4.69, 9.17) is 18.9 Å². The smallest absolute Gasteiger partial charge is 0.220 e. The highest BCUT2D eigenvalue weighted by Crippen LogP contribution is 2.17. The van der Waals surface area contributed by atoms with Gasteiger partial charge >= 0.3 is 0 Å². The minimum absolute atomic E-state index is 0.0487. The molecule has 1 N–H and O–H groups in total. The lowest BCUT2D eigenvalue weighted by Gasteiger charge is -2.14. The number of nitrogens with one attached hydrogen (secondary N) is 1. The zero-order valence-electron chi connectivity index (χ0n) is 12.8. The van der Waals surface area contributed by atoms with Crippen LogP contribution in [0.4, 0.5) is 0 Å². The van der Waals surface area contributed by atoms with Gasteiger partial charge in [-0.05, 0) is 30.7 Å². The Balaban J connectivity index is 2.13. The summed E-state index contributed by atoms with van der Waals surface area (Å²) in [6.07, 6.45) is 0.628. The predicted molar refractivity (Wildman–Crippen MR) is 78.5 cm³/mol. The highest BCUT2D eigenvalue weighted by molar-refractivity contribution is 5.75. The molecule has 21 heavy (non-hydrogen) atoms. The summed E-state index contributed by atoms with van der Waals surface area (Å²) in [4.78, 5) is 11.6. The van der Waals surface area contributed by atoms with Crippen molar-refractivity contribution in [1.29, 1.82) is 0 Å². The summed E-state index contributed by atoms with van der Waals surface area (Å²) >= 11 is 0. The van der Waals surface area contributed by atoms with Gasteiger partial charge in [0, 0.05) is 20.6 Å². The van der Waals surface area contributed by atoms with Gasteiger partial charge in [0.05, 0.1) is 20.3 Å². The van der Waals surface area contributed by atoms with E-state index in [9.17, 15) is 4.79 Å². The molecule has 0 aliphatic heterocycles. The fourth-order valence-corrected chi connectivity index (χ4v) is 1.64. The second kappa shape index (κ2) is 10.0. The molecule has 0 spiro atoms. The van der Waals surface area contributed by atoms with Crippen molar-refractivity contribution in [2.45, 2.75) is 19.1 Å². The van der Waals surface area contributed by atoms with Crippen molar-refractivity contribution in [2.75, 3.05) is 34.5 Å². The molecule has 0 aliphatic carbocycles. The summed E-state index contributed by atoms with van der Waals surface area (Å²) in [6, 6.07) is 7.33. The molecule has 118 valence electrons. The molecule has 0 saturated heterocycles. The number of ether oxygens (including phenoxy) is 4. The van der Waals surface area contributed by atoms with Crippen LogP contribution in [0.5, 0.6) is 11.5 Å². The highest BCUT2D eigenvalue weighted by Gasteiger charge is 2.07. The molecule has 0 saturated carbocycles. The Morgan fingerprint density at radius 2 is 1.71 bits per heavy atom. The van der Waals surface area contributed by atoms with Crippen LogP contribution >= 0.6 is 0 Å². The second-order valence-corrected chi connectivity index (χ2v) is 4.33. The summed E-state index contributed by atoms with van der Waals surface area (Å²) in [7, 11) is 4.68. The molecule has 0 atom stereocenters. The molecular formula is C15H23NO5. The first-order chi connectivity index (χ1) is 10.2. The van der Waals surface area contributed by atoms with Gasteiger partial charge in [0.25, 0.3) is 0 Å². The van der Waals surface area contributed by atoms with Gasteiger partial charge in [0.15, 0.2) is 6.29 Å². The summed E-state index contributed by atoms with van der Waals surface area (Å²) < 4.78 is 20.6. The van der Waals surface area contributed by atoms with Gasteiger partial charge in [-0.3, -0.25) is 4.79 Å². The Morgan fingerprint density at radius 3 is 2.29 bits per heavy atom. The molecule has 6 nitrogen and oxygen atoms in total. The zero-order chi connectivity index (χ0) is 15.5. The van der Waals surface area contributed by atoms with Crippen molar-refractivity contribution >= 4 is 5.91 Å². The quantitative estimate of drug-likeness (QED) is 0.525. The van der Waals surface area contributed by atoms with E-state index in [2.05, 4.69) is 5.32 Å². The van der Waals surface area contributed by atoms with Gasteiger partial charge in [-0.25, -0.2) is 0 Å². The maximum Gasteiger partial charge on any atom is 0.220 e. The van der Waals surface area contributed by atoms with E-state index < -0.39 is 6.29 Å². The molecule has 0 bridgehead atoms. The average molecular weight is 297 g/mol. The minimum Gasteiger partial charge on any atom is -0.497 e. The van der Waals surface area contributed by atoms with E-state index in [1.807, 2.05) is 24.3 Å². The van der Waals surface area contributed by atoms with Crippen LogP contribution in [0.25, 0.3) is 0 Å². The Hall–Kier alpha value is -1.79. The lowest BCUT2D eigenvalue weighted by atomic mass is 10.3. The molecule has 0 aromatic heterocycles. The molecule has 1 amide bonds. The first-order valence-corrected chi connectivity index (χ1v) is 6.78. The molecular weight excluding hydrogens is 274 g/mol. The summed E-state index contributed by atoms with van der Waals surface area (Å²) in [5, 5.41) is 2.74. The van der Waals surface area contributed by atoms with Crippen molar-refractivity contribution < 1.29 is 23.7 Å². The Morgan fingerprint density at radius 1 is 1.10 bits per heavy atom. The lowest BCUT2D eigenvalue weighted by Crippen LogP contribution is -2.34. The first-order valence-electron chi connectivity index (χ1n) is 6.78. The van der Waals surface area contributed by atoms with Gasteiger partial charge in [0.2, 0.25) is 5.91 Å². The van der Waals surface area contributed by atoms with Crippen LogP contribution < -0.4 is 14.8 Å². The van der Waals surface area contributed by atoms with E-state index >= 15 is 0 Å². The molecule has 0 heterocycles. The SMILES string of the molecule is COc1ccc(OCCCC(=O)NCC(OC)OC)cc1. The van der Waals surface area contributed by atoms with E-state index in [0.717, 1.165) is 11.5 Å². The first kappa shape index (κ1) is 17.3. The van der Waals surface area contributed by atoms with Crippen molar-refractivity contribution in [2.24, 2.45) is 0 Å². The van der Waals surface area contributed by atoms with E-state index in [1.54, 1.807) is 7.11 Å². The van der Waals surface area contributed by atoms with Gasteiger partial charge in [-0.15, -0.1) is 0 Å². The number of rotatable bonds is 10. The third-order valence-electron chi connectivity index (χ3n) is 2.87. The summed E-state index contributed by atoms with van der Waals surface area (Å²) in [6.45, 7) is 0.822. The maximum absolute atomic E-state index is 11.6. The lowest BCUT2D eigenvalue weighted by molar-refractivity contribution is -0.127. The standard InChI is InChI=1S/C15H23NO5/c1-18-12-6-8-13(9-7-12)21-10-4-5-14(17)16-11-15(19-2)20-3/h6-9,15H,4-5,10-11H2,1-3H3,(H,16,17). The Bertz CT molecular complexity index is 403. The number of carbonyl (C=O) groups excluding carboxylic acids is 1. The second-order valence-electron chi connectivity index (χ2n) is 4.33. The Labute approximate surface area is 125 Å². The molecule has 0 radical (unpaired) electrons. The number of carbonyl (C=O) groups is 1. The van der Waals surface area contributed by atoms with Crippen molar-refractivity contribution in [3.63, 3.8) is 0 Å². The number of hydrogen-bond donors (Lipinski definition) is 1. The van der Waals surface area contributed by atoms with Gasteiger partial charge in [-0.1, -0.05) is 0 Å². The fourth-order valence-electron chi connectivity index (χ4n) is 1.64. The minimum atomic E-state index is -0.413. The maximum atomic E-state index is 11.6. The predicted octanol–water partition coefficient (Wildman–Crippen LogP) is 1.59. The molecule has 0 fully saturated rings. The van der Waals surface area contributed by atoms with Gasteiger partial charge in [0.1, 0.15) is 11.5 Å². The Kier molecular flexibility index (Phi) is 8.23. The molecule has 1 aromatic carbocycles. The number of amides is 1. The third-order valence-corrected chi connectivity index (χ3v) is 2.87. The third kappa shape index (κ3) is 6.97. The van der Waals surface area contributed by atoms with Crippen molar-refractivity contribution in [3.05, 3.63) is 24.3 Å². The monoisotopic (exact) mass is 297 g/mol. The van der Waals surface area contributed by atoms with E-state index in [1.165, 1.54) is 14.2 Å².